The number of benzene rings is 1. The van der Waals surface area contributed by atoms with Crippen molar-refractivity contribution in [1.29, 1.82) is 0 Å². The fourth-order valence-electron chi connectivity index (χ4n) is 2.84. The van der Waals surface area contributed by atoms with Crippen LogP contribution in [0, 0.1) is 0 Å². The lowest BCUT2D eigenvalue weighted by Crippen LogP contribution is -2.39. The van der Waals surface area contributed by atoms with Gasteiger partial charge in [-0.1, -0.05) is 13.8 Å². The Balaban J connectivity index is 2.42. The highest BCUT2D eigenvalue weighted by molar-refractivity contribution is 5.49. The highest BCUT2D eigenvalue weighted by Gasteiger charge is 2.26. The molecule has 0 radical (unpaired) electrons. The van der Waals surface area contributed by atoms with Crippen LogP contribution in [0.4, 0.5) is 0 Å². The molecule has 0 bridgehead atoms. The Hall–Kier alpha value is -1.26. The van der Waals surface area contributed by atoms with E-state index >= 15 is 0 Å². The molecule has 1 N–H and O–H groups in total. The van der Waals surface area contributed by atoms with Crippen LogP contribution in [0.3, 0.4) is 0 Å². The molecule has 2 rings (SSSR count). The minimum Gasteiger partial charge on any atom is -0.493 e. The molecule has 0 aromatic heterocycles. The van der Waals surface area contributed by atoms with E-state index in [0.717, 1.165) is 37.7 Å². The first-order chi connectivity index (χ1) is 9.24. The number of rotatable bonds is 5. The largest absolute Gasteiger partial charge is 0.493 e. The highest BCUT2D eigenvalue weighted by atomic mass is 16.5. The van der Waals surface area contributed by atoms with Gasteiger partial charge < -0.3 is 14.8 Å². The maximum Gasteiger partial charge on any atom is 0.161 e. The molecular formula is C15H24N2O2. The predicted molar refractivity (Wildman–Crippen MR) is 76.9 cm³/mol. The van der Waals surface area contributed by atoms with Gasteiger partial charge in [0.2, 0.25) is 0 Å². The number of fused-ring (bicyclic) bond motifs is 1. The summed E-state index contributed by atoms with van der Waals surface area (Å²) in [6.45, 7) is 8.40. The minimum atomic E-state index is 0.415. The molecular weight excluding hydrogens is 240 g/mol. The number of ether oxygens (including phenoxy) is 2. The molecule has 0 aliphatic carbocycles. The second-order valence-corrected chi connectivity index (χ2v) is 4.77. The zero-order chi connectivity index (χ0) is 13.8. The second-order valence-electron chi connectivity index (χ2n) is 4.77. The molecule has 106 valence electrons. The summed E-state index contributed by atoms with van der Waals surface area (Å²) in [5.41, 5.74) is 2.67. The van der Waals surface area contributed by atoms with Gasteiger partial charge in [-0.05, 0) is 36.3 Å². The molecule has 0 spiro atoms. The monoisotopic (exact) mass is 264 g/mol. The molecule has 19 heavy (non-hydrogen) atoms. The number of methoxy groups -OCH3 is 2. The molecule has 1 aromatic carbocycles. The van der Waals surface area contributed by atoms with E-state index in [-0.39, 0.29) is 0 Å². The van der Waals surface area contributed by atoms with Crippen molar-refractivity contribution < 1.29 is 9.47 Å². The standard InChI is InChI=1S/C15H24N2O2/c1-5-17(6-2)13-10-16-9-11-7-14(18-3)15(19-4)8-12(11)13/h7-8,13,16H,5-6,9-10H2,1-4H3. The third kappa shape index (κ3) is 2.69. The molecule has 0 saturated carbocycles. The van der Waals surface area contributed by atoms with E-state index in [4.69, 9.17) is 9.47 Å². The number of hydrogen-bond donors (Lipinski definition) is 1. The molecule has 0 saturated heterocycles. The molecule has 1 aliphatic heterocycles. The molecule has 0 fully saturated rings. The summed E-state index contributed by atoms with van der Waals surface area (Å²) in [5.74, 6) is 1.63. The predicted octanol–water partition coefficient (Wildman–Crippen LogP) is 2.19. The Kier molecular flexibility index (Phi) is 4.66. The van der Waals surface area contributed by atoms with E-state index in [1.165, 1.54) is 11.1 Å². The van der Waals surface area contributed by atoms with Crippen molar-refractivity contribution in [2.24, 2.45) is 0 Å². The van der Waals surface area contributed by atoms with E-state index in [0.29, 0.717) is 6.04 Å². The van der Waals surface area contributed by atoms with Gasteiger partial charge in [0.1, 0.15) is 0 Å². The molecule has 1 heterocycles. The van der Waals surface area contributed by atoms with E-state index in [9.17, 15) is 0 Å². The van der Waals surface area contributed by atoms with Gasteiger partial charge in [0.25, 0.3) is 0 Å². The first-order valence-electron chi connectivity index (χ1n) is 6.94. The number of nitrogens with one attached hydrogen (secondary N) is 1. The molecule has 4 nitrogen and oxygen atoms in total. The summed E-state index contributed by atoms with van der Waals surface area (Å²) in [4.78, 5) is 2.47. The highest BCUT2D eigenvalue weighted by Crippen LogP contribution is 2.36. The van der Waals surface area contributed by atoms with Crippen molar-refractivity contribution in [3.8, 4) is 11.5 Å². The summed E-state index contributed by atoms with van der Waals surface area (Å²) < 4.78 is 10.8. The van der Waals surface area contributed by atoms with Crippen molar-refractivity contribution in [3.63, 3.8) is 0 Å². The average Bonchev–Trinajstić information content (AvgIpc) is 2.47. The Labute approximate surface area is 115 Å². The van der Waals surface area contributed by atoms with Crippen molar-refractivity contribution in [2.75, 3.05) is 33.9 Å². The van der Waals surface area contributed by atoms with Crippen LogP contribution in [-0.2, 0) is 6.54 Å². The van der Waals surface area contributed by atoms with E-state index in [2.05, 4.69) is 36.2 Å². The fourth-order valence-corrected chi connectivity index (χ4v) is 2.84. The van der Waals surface area contributed by atoms with Crippen LogP contribution in [0.25, 0.3) is 0 Å². The average molecular weight is 264 g/mol. The van der Waals surface area contributed by atoms with Crippen LogP contribution in [0.2, 0.25) is 0 Å². The third-order valence-corrected chi connectivity index (χ3v) is 3.91. The molecule has 0 amide bonds. The van der Waals surface area contributed by atoms with Gasteiger partial charge in [0, 0.05) is 19.1 Å². The lowest BCUT2D eigenvalue weighted by molar-refractivity contribution is 0.204. The Morgan fingerprint density at radius 3 is 2.37 bits per heavy atom. The Morgan fingerprint density at radius 2 is 1.79 bits per heavy atom. The van der Waals surface area contributed by atoms with Gasteiger partial charge in [-0.3, -0.25) is 4.90 Å². The maximum absolute atomic E-state index is 5.43. The SMILES string of the molecule is CCN(CC)C1CNCc2cc(OC)c(OC)cc21. The van der Waals surface area contributed by atoms with Gasteiger partial charge >= 0.3 is 0 Å². The van der Waals surface area contributed by atoms with Crippen LogP contribution in [-0.4, -0.2) is 38.8 Å². The van der Waals surface area contributed by atoms with Crippen LogP contribution in [0.1, 0.15) is 31.0 Å². The third-order valence-electron chi connectivity index (χ3n) is 3.91. The van der Waals surface area contributed by atoms with Crippen LogP contribution >= 0.6 is 0 Å². The molecule has 4 heteroatoms. The number of hydrogen-bond acceptors (Lipinski definition) is 4. The Morgan fingerprint density at radius 1 is 1.16 bits per heavy atom. The van der Waals surface area contributed by atoms with Crippen LogP contribution in [0.5, 0.6) is 11.5 Å². The summed E-state index contributed by atoms with van der Waals surface area (Å²) in [6, 6.07) is 4.65. The van der Waals surface area contributed by atoms with Gasteiger partial charge in [0.15, 0.2) is 11.5 Å². The van der Waals surface area contributed by atoms with Crippen molar-refractivity contribution in [3.05, 3.63) is 23.3 Å². The van der Waals surface area contributed by atoms with Gasteiger partial charge in [0.05, 0.1) is 14.2 Å². The first kappa shape index (κ1) is 14.2. The first-order valence-corrected chi connectivity index (χ1v) is 6.94. The number of likely N-dealkylation sites (N-methyl/N-ethyl adjacent to an activating group) is 1. The molecule has 1 unspecified atom stereocenters. The zero-order valence-electron chi connectivity index (χ0n) is 12.3. The topological polar surface area (TPSA) is 33.7 Å². The van der Waals surface area contributed by atoms with Crippen molar-refractivity contribution in [2.45, 2.75) is 26.4 Å². The lowest BCUT2D eigenvalue weighted by atomic mass is 9.94. The Bertz CT molecular complexity index is 430. The quantitative estimate of drug-likeness (QED) is 0.884. The summed E-state index contributed by atoms with van der Waals surface area (Å²) in [5, 5.41) is 3.49. The summed E-state index contributed by atoms with van der Waals surface area (Å²) in [7, 11) is 3.38. The number of nitrogens with zero attached hydrogens (tertiary/aromatic N) is 1. The van der Waals surface area contributed by atoms with Crippen LogP contribution in [0.15, 0.2) is 12.1 Å². The molecule has 1 atom stereocenters. The molecule has 1 aromatic rings. The van der Waals surface area contributed by atoms with Gasteiger partial charge in [-0.15, -0.1) is 0 Å². The van der Waals surface area contributed by atoms with Crippen molar-refractivity contribution >= 4 is 0 Å². The maximum atomic E-state index is 5.43. The van der Waals surface area contributed by atoms with Gasteiger partial charge in [-0.25, -0.2) is 0 Å². The zero-order valence-corrected chi connectivity index (χ0v) is 12.3. The van der Waals surface area contributed by atoms with Gasteiger partial charge in [-0.2, -0.15) is 0 Å². The fraction of sp³-hybridized carbons (Fsp3) is 0.600. The summed E-state index contributed by atoms with van der Waals surface area (Å²) in [6.07, 6.45) is 0. The normalized spacial score (nSPS) is 18.3. The van der Waals surface area contributed by atoms with E-state index in [1.54, 1.807) is 14.2 Å². The minimum absolute atomic E-state index is 0.415. The van der Waals surface area contributed by atoms with E-state index < -0.39 is 0 Å². The van der Waals surface area contributed by atoms with Crippen molar-refractivity contribution in [1.82, 2.24) is 10.2 Å². The summed E-state index contributed by atoms with van der Waals surface area (Å²) >= 11 is 0. The lowest BCUT2D eigenvalue weighted by Gasteiger charge is -2.35. The van der Waals surface area contributed by atoms with Crippen LogP contribution < -0.4 is 14.8 Å². The smallest absolute Gasteiger partial charge is 0.161 e. The molecule has 1 aliphatic rings. The van der Waals surface area contributed by atoms with E-state index in [1.807, 2.05) is 0 Å². The second kappa shape index (κ2) is 6.26.